The zero-order valence-corrected chi connectivity index (χ0v) is 16.9. The molecule has 0 radical (unpaired) electrons. The second kappa shape index (κ2) is 8.13. The Hall–Kier alpha value is -3.43. The maximum atomic E-state index is 13.4. The van der Waals surface area contributed by atoms with Gasteiger partial charge in [0, 0.05) is 11.9 Å². The van der Waals surface area contributed by atoms with E-state index in [9.17, 15) is 14.0 Å². The Balaban J connectivity index is 1.77. The first kappa shape index (κ1) is 19.9. The van der Waals surface area contributed by atoms with Gasteiger partial charge in [-0.05, 0) is 42.5 Å². The fourth-order valence-corrected chi connectivity index (χ4v) is 3.47. The van der Waals surface area contributed by atoms with Crippen LogP contribution in [0.1, 0.15) is 22.3 Å². The second-order valence-electron chi connectivity index (χ2n) is 6.14. The summed E-state index contributed by atoms with van der Waals surface area (Å²) in [6, 6.07) is 10.5. The molecule has 0 bridgehead atoms. The quantitative estimate of drug-likeness (QED) is 0.272. The Morgan fingerprint density at radius 3 is 2.77 bits per heavy atom. The van der Waals surface area contributed by atoms with Crippen molar-refractivity contribution in [1.29, 1.82) is 0 Å². The lowest BCUT2D eigenvalue weighted by Gasteiger charge is -2.00. The average Bonchev–Trinajstić information content (AvgIpc) is 3.15. The zero-order valence-electron chi connectivity index (χ0n) is 15.4. The molecule has 0 unspecified atom stereocenters. The highest BCUT2D eigenvalue weighted by Gasteiger charge is 2.11. The standard InChI is InChI=1S/C20H12ClFN4O3S/c1-11(27)19-25-26(15-5-2-13(21)3-6-15)20(30-19)24-23-9-12-10-29-17-7-4-14(22)8-16(17)18(12)28/h2-10H,1H3/b23-9+,24-20+. The van der Waals surface area contributed by atoms with E-state index < -0.39 is 11.2 Å². The number of rotatable bonds is 4. The Labute approximate surface area is 177 Å². The minimum atomic E-state index is -0.543. The summed E-state index contributed by atoms with van der Waals surface area (Å²) in [7, 11) is 0. The number of ketones is 1. The average molecular weight is 443 g/mol. The van der Waals surface area contributed by atoms with E-state index in [4.69, 9.17) is 16.0 Å². The van der Waals surface area contributed by atoms with E-state index in [0.29, 0.717) is 15.5 Å². The number of carbonyl (C=O) groups is 1. The minimum absolute atomic E-state index is 0.103. The second-order valence-corrected chi connectivity index (χ2v) is 7.53. The van der Waals surface area contributed by atoms with Crippen molar-refractivity contribution in [2.45, 2.75) is 6.92 Å². The van der Waals surface area contributed by atoms with Crippen LogP contribution >= 0.6 is 22.9 Å². The van der Waals surface area contributed by atoms with Gasteiger partial charge in [-0.1, -0.05) is 22.9 Å². The lowest BCUT2D eigenvalue weighted by Crippen LogP contribution is -2.14. The van der Waals surface area contributed by atoms with Crippen LogP contribution in [0.4, 0.5) is 4.39 Å². The van der Waals surface area contributed by atoms with Gasteiger partial charge in [0.1, 0.15) is 17.7 Å². The largest absolute Gasteiger partial charge is 0.463 e. The summed E-state index contributed by atoms with van der Waals surface area (Å²) in [5.74, 6) is -0.760. The van der Waals surface area contributed by atoms with E-state index in [1.165, 1.54) is 36.2 Å². The summed E-state index contributed by atoms with van der Waals surface area (Å²) >= 11 is 6.97. The van der Waals surface area contributed by atoms with Gasteiger partial charge in [-0.15, -0.1) is 5.10 Å². The number of hydrogen-bond acceptors (Lipinski definition) is 7. The van der Waals surface area contributed by atoms with Crippen LogP contribution in [-0.2, 0) is 0 Å². The molecule has 0 aliphatic heterocycles. The van der Waals surface area contributed by atoms with Crippen LogP contribution in [0.25, 0.3) is 16.7 Å². The molecule has 0 spiro atoms. The monoisotopic (exact) mass is 442 g/mol. The highest BCUT2D eigenvalue weighted by Crippen LogP contribution is 2.14. The summed E-state index contributed by atoms with van der Waals surface area (Å²) in [6.07, 6.45) is 2.43. The lowest BCUT2D eigenvalue weighted by atomic mass is 10.2. The Bertz CT molecular complexity index is 1420. The molecule has 2 heterocycles. The van der Waals surface area contributed by atoms with Crippen LogP contribution in [0.15, 0.2) is 68.1 Å². The highest BCUT2D eigenvalue weighted by molar-refractivity contribution is 7.10. The summed E-state index contributed by atoms with van der Waals surface area (Å²) in [5.41, 5.74) is 0.572. The van der Waals surface area contributed by atoms with Gasteiger partial charge in [0.15, 0.2) is 10.8 Å². The number of Topliss-reactive ketones (excluding diaryl/α,β-unsaturated/α-hetero) is 1. The first-order valence-electron chi connectivity index (χ1n) is 8.57. The number of halogens is 2. The van der Waals surface area contributed by atoms with Gasteiger partial charge in [0.05, 0.1) is 22.9 Å². The Kier molecular flexibility index (Phi) is 5.39. The van der Waals surface area contributed by atoms with Gasteiger partial charge in [-0.2, -0.15) is 10.2 Å². The molecule has 2 aromatic heterocycles. The van der Waals surface area contributed by atoms with E-state index in [1.807, 2.05) is 0 Å². The van der Waals surface area contributed by atoms with E-state index >= 15 is 0 Å². The van der Waals surface area contributed by atoms with Crippen LogP contribution in [-0.4, -0.2) is 21.8 Å². The highest BCUT2D eigenvalue weighted by atomic mass is 35.5. The molecule has 0 fully saturated rings. The maximum absolute atomic E-state index is 13.4. The molecular weight excluding hydrogens is 431 g/mol. The SMILES string of the molecule is CC(=O)c1nn(-c2ccc(Cl)cc2)/c(=N\N=C\c2coc3ccc(F)cc3c2=O)s1. The number of nitrogens with zero attached hydrogens (tertiary/aromatic N) is 4. The molecule has 0 saturated heterocycles. The Morgan fingerprint density at radius 1 is 1.27 bits per heavy atom. The van der Waals surface area contributed by atoms with Gasteiger partial charge in [0.25, 0.3) is 0 Å². The van der Waals surface area contributed by atoms with Gasteiger partial charge in [0.2, 0.25) is 10.2 Å². The normalized spacial score (nSPS) is 12.2. The molecule has 0 aliphatic carbocycles. The predicted octanol–water partition coefficient (Wildman–Crippen LogP) is 3.97. The number of hydrogen-bond donors (Lipinski definition) is 0. The van der Waals surface area contributed by atoms with Crippen molar-refractivity contribution in [3.05, 3.63) is 85.2 Å². The maximum Gasteiger partial charge on any atom is 0.233 e. The number of aromatic nitrogens is 2. The zero-order chi connectivity index (χ0) is 21.3. The lowest BCUT2D eigenvalue weighted by molar-refractivity contribution is 0.101. The van der Waals surface area contributed by atoms with E-state index in [0.717, 1.165) is 17.4 Å². The molecule has 4 rings (SSSR count). The van der Waals surface area contributed by atoms with Gasteiger partial charge in [-0.3, -0.25) is 9.59 Å². The minimum Gasteiger partial charge on any atom is -0.463 e. The van der Waals surface area contributed by atoms with Crippen LogP contribution in [0, 0.1) is 5.82 Å². The van der Waals surface area contributed by atoms with Crippen LogP contribution in [0.3, 0.4) is 0 Å². The van der Waals surface area contributed by atoms with Gasteiger partial charge < -0.3 is 4.42 Å². The molecule has 7 nitrogen and oxygen atoms in total. The molecule has 10 heteroatoms. The smallest absolute Gasteiger partial charge is 0.233 e. The summed E-state index contributed by atoms with van der Waals surface area (Å²) < 4.78 is 20.2. The molecule has 0 amide bonds. The van der Waals surface area contributed by atoms with Crippen LogP contribution in [0.5, 0.6) is 0 Å². The van der Waals surface area contributed by atoms with Crippen molar-refractivity contribution in [3.8, 4) is 5.69 Å². The molecule has 0 aliphatic rings. The van der Waals surface area contributed by atoms with Crippen molar-refractivity contribution >= 4 is 45.9 Å². The summed E-state index contributed by atoms with van der Waals surface area (Å²) in [4.78, 5) is 24.6. The fraction of sp³-hybridized carbons (Fsp3) is 0.0500. The molecular formula is C20H12ClFN4O3S. The number of carbonyl (C=O) groups excluding carboxylic acids is 1. The van der Waals surface area contributed by atoms with Crippen molar-refractivity contribution in [3.63, 3.8) is 0 Å². The molecule has 0 atom stereocenters. The Morgan fingerprint density at radius 2 is 2.03 bits per heavy atom. The van der Waals surface area contributed by atoms with Crippen molar-refractivity contribution < 1.29 is 13.6 Å². The van der Waals surface area contributed by atoms with Crippen molar-refractivity contribution in [1.82, 2.24) is 9.78 Å². The van der Waals surface area contributed by atoms with Gasteiger partial charge in [-0.25, -0.2) is 9.07 Å². The van der Waals surface area contributed by atoms with Crippen LogP contribution in [0.2, 0.25) is 5.02 Å². The van der Waals surface area contributed by atoms with E-state index in [-0.39, 0.29) is 27.3 Å². The third-order valence-corrected chi connectivity index (χ3v) is 5.29. The van der Waals surface area contributed by atoms with Crippen molar-refractivity contribution in [2.75, 3.05) is 0 Å². The molecule has 0 N–H and O–H groups in total. The molecule has 2 aromatic carbocycles. The number of benzene rings is 2. The molecule has 150 valence electrons. The number of fused-ring (bicyclic) bond motifs is 1. The fourth-order valence-electron chi connectivity index (χ4n) is 2.59. The topological polar surface area (TPSA) is 89.8 Å². The summed E-state index contributed by atoms with van der Waals surface area (Å²) in [6.45, 7) is 1.40. The van der Waals surface area contributed by atoms with Crippen LogP contribution < -0.4 is 10.2 Å². The van der Waals surface area contributed by atoms with Gasteiger partial charge >= 0.3 is 0 Å². The third-order valence-electron chi connectivity index (χ3n) is 4.03. The van der Waals surface area contributed by atoms with E-state index in [2.05, 4.69) is 15.3 Å². The van der Waals surface area contributed by atoms with E-state index in [1.54, 1.807) is 24.3 Å². The first-order valence-corrected chi connectivity index (χ1v) is 9.77. The molecule has 30 heavy (non-hydrogen) atoms. The first-order chi connectivity index (χ1) is 14.4. The molecule has 0 saturated carbocycles. The predicted molar refractivity (Wildman–Crippen MR) is 112 cm³/mol. The molecule has 4 aromatic rings. The van der Waals surface area contributed by atoms with Crippen molar-refractivity contribution in [2.24, 2.45) is 10.2 Å². The third kappa shape index (κ3) is 3.98. The summed E-state index contributed by atoms with van der Waals surface area (Å²) in [5, 5.41) is 13.2.